The first-order valence-corrected chi connectivity index (χ1v) is 6.92. The molecule has 0 amide bonds. The summed E-state index contributed by atoms with van der Waals surface area (Å²) in [7, 11) is 0. The van der Waals surface area contributed by atoms with Gasteiger partial charge in [0, 0.05) is 12.8 Å². The van der Waals surface area contributed by atoms with E-state index in [1.807, 2.05) is 6.92 Å². The summed E-state index contributed by atoms with van der Waals surface area (Å²) in [6, 6.07) is 4.68. The molecular formula is C16H21FO. The van der Waals surface area contributed by atoms with Gasteiger partial charge in [-0.25, -0.2) is 4.39 Å². The van der Waals surface area contributed by atoms with Gasteiger partial charge in [0.2, 0.25) is 0 Å². The van der Waals surface area contributed by atoms with Crippen molar-refractivity contribution in [2.45, 2.75) is 51.9 Å². The van der Waals surface area contributed by atoms with Crippen molar-refractivity contribution in [1.82, 2.24) is 0 Å². The molecule has 0 spiro atoms. The molecular weight excluding hydrogens is 227 g/mol. The molecule has 98 valence electrons. The fraction of sp³-hybridized carbons (Fsp3) is 0.562. The molecule has 0 saturated heterocycles. The zero-order valence-corrected chi connectivity index (χ0v) is 11.0. The molecule has 1 nitrogen and oxygen atoms in total. The lowest BCUT2D eigenvalue weighted by Crippen LogP contribution is -2.07. The van der Waals surface area contributed by atoms with Crippen LogP contribution in [0.25, 0.3) is 0 Å². The monoisotopic (exact) mass is 248 g/mol. The molecule has 0 unspecified atom stereocenters. The highest BCUT2D eigenvalue weighted by molar-refractivity contribution is 5.81. The van der Waals surface area contributed by atoms with Gasteiger partial charge in [-0.2, -0.15) is 0 Å². The van der Waals surface area contributed by atoms with Crippen molar-refractivity contribution in [2.24, 2.45) is 5.92 Å². The summed E-state index contributed by atoms with van der Waals surface area (Å²) >= 11 is 0. The smallest absolute Gasteiger partial charge is 0.137 e. The fourth-order valence-corrected chi connectivity index (χ4v) is 2.80. The summed E-state index contributed by atoms with van der Waals surface area (Å²) in [5.41, 5.74) is 1.84. The lowest BCUT2D eigenvalue weighted by atomic mass is 9.96. The van der Waals surface area contributed by atoms with Crippen molar-refractivity contribution < 1.29 is 9.18 Å². The predicted molar refractivity (Wildman–Crippen MR) is 71.0 cm³/mol. The third kappa shape index (κ3) is 3.66. The number of hydrogen-bond acceptors (Lipinski definition) is 1. The molecule has 0 atom stereocenters. The quantitative estimate of drug-likeness (QED) is 0.762. The Labute approximate surface area is 108 Å². The van der Waals surface area contributed by atoms with Crippen LogP contribution in [-0.2, 0) is 11.2 Å². The van der Waals surface area contributed by atoms with Crippen molar-refractivity contribution in [2.75, 3.05) is 0 Å². The van der Waals surface area contributed by atoms with E-state index in [9.17, 15) is 9.18 Å². The number of carbonyl (C=O) groups is 1. The minimum Gasteiger partial charge on any atom is -0.299 e. The van der Waals surface area contributed by atoms with E-state index in [0.29, 0.717) is 12.8 Å². The Morgan fingerprint density at radius 3 is 2.78 bits per heavy atom. The zero-order chi connectivity index (χ0) is 13.0. The lowest BCUT2D eigenvalue weighted by molar-refractivity contribution is -0.118. The number of rotatable bonds is 5. The standard InChI is InChI=1S/C16H21FO/c1-12-6-8-15(17)10-14(12)11-16(18)9-7-13-4-2-3-5-13/h6,8,10,13H,2-5,7,9,11H2,1H3. The van der Waals surface area contributed by atoms with Crippen LogP contribution in [0, 0.1) is 18.7 Å². The zero-order valence-electron chi connectivity index (χ0n) is 11.0. The van der Waals surface area contributed by atoms with Crippen LogP contribution >= 0.6 is 0 Å². The van der Waals surface area contributed by atoms with Crippen molar-refractivity contribution in [3.63, 3.8) is 0 Å². The molecule has 1 saturated carbocycles. The first kappa shape index (κ1) is 13.3. The molecule has 1 aliphatic rings. The highest BCUT2D eigenvalue weighted by Crippen LogP contribution is 2.28. The number of ketones is 1. The molecule has 0 N–H and O–H groups in total. The predicted octanol–water partition coefficient (Wildman–Crippen LogP) is 4.22. The van der Waals surface area contributed by atoms with Crippen LogP contribution in [0.15, 0.2) is 18.2 Å². The SMILES string of the molecule is Cc1ccc(F)cc1CC(=O)CCC1CCCC1. The number of carbonyl (C=O) groups excluding carboxylic acids is 1. The summed E-state index contributed by atoms with van der Waals surface area (Å²) in [6.07, 6.45) is 7.27. The second kappa shape index (κ2) is 6.12. The summed E-state index contributed by atoms with van der Waals surface area (Å²) < 4.78 is 13.1. The van der Waals surface area contributed by atoms with Gasteiger partial charge in [0.1, 0.15) is 11.6 Å². The molecule has 0 heterocycles. The molecule has 1 aromatic rings. The minimum absolute atomic E-state index is 0.246. The third-order valence-corrected chi connectivity index (χ3v) is 4.00. The van der Waals surface area contributed by atoms with Crippen molar-refractivity contribution in [3.8, 4) is 0 Å². The van der Waals surface area contributed by atoms with Crippen molar-refractivity contribution >= 4 is 5.78 Å². The molecule has 0 aliphatic heterocycles. The maximum atomic E-state index is 13.1. The number of halogens is 1. The van der Waals surface area contributed by atoms with Crippen molar-refractivity contribution in [1.29, 1.82) is 0 Å². The van der Waals surface area contributed by atoms with E-state index in [1.165, 1.54) is 37.8 Å². The second-order valence-corrected chi connectivity index (χ2v) is 5.48. The summed E-state index contributed by atoms with van der Waals surface area (Å²) in [5, 5.41) is 0. The molecule has 0 radical (unpaired) electrons. The van der Waals surface area contributed by atoms with Gasteiger partial charge in [-0.05, 0) is 42.5 Å². The van der Waals surface area contributed by atoms with Crippen LogP contribution in [0.2, 0.25) is 0 Å². The first-order chi connectivity index (χ1) is 8.65. The molecule has 2 rings (SSSR count). The molecule has 18 heavy (non-hydrogen) atoms. The minimum atomic E-state index is -0.251. The Bertz CT molecular complexity index is 419. The van der Waals surface area contributed by atoms with Gasteiger partial charge in [0.25, 0.3) is 0 Å². The highest BCUT2D eigenvalue weighted by atomic mass is 19.1. The number of benzene rings is 1. The van der Waals surface area contributed by atoms with E-state index in [2.05, 4.69) is 0 Å². The van der Waals surface area contributed by atoms with E-state index >= 15 is 0 Å². The van der Waals surface area contributed by atoms with Crippen LogP contribution < -0.4 is 0 Å². The largest absolute Gasteiger partial charge is 0.299 e. The van der Waals surface area contributed by atoms with E-state index in [-0.39, 0.29) is 11.6 Å². The van der Waals surface area contributed by atoms with Gasteiger partial charge >= 0.3 is 0 Å². The maximum absolute atomic E-state index is 13.1. The Balaban J connectivity index is 1.84. The fourth-order valence-electron chi connectivity index (χ4n) is 2.80. The average Bonchev–Trinajstić information content (AvgIpc) is 2.84. The van der Waals surface area contributed by atoms with Crippen molar-refractivity contribution in [3.05, 3.63) is 35.1 Å². The number of hydrogen-bond donors (Lipinski definition) is 0. The second-order valence-electron chi connectivity index (χ2n) is 5.48. The van der Waals surface area contributed by atoms with Crippen LogP contribution in [0.5, 0.6) is 0 Å². The lowest BCUT2D eigenvalue weighted by Gasteiger charge is -2.09. The first-order valence-electron chi connectivity index (χ1n) is 6.92. The van der Waals surface area contributed by atoms with Crippen LogP contribution in [0.4, 0.5) is 4.39 Å². The Hall–Kier alpha value is -1.18. The molecule has 1 aliphatic carbocycles. The maximum Gasteiger partial charge on any atom is 0.137 e. The molecule has 1 aromatic carbocycles. The highest BCUT2D eigenvalue weighted by Gasteiger charge is 2.16. The Morgan fingerprint density at radius 1 is 1.33 bits per heavy atom. The number of aryl methyl sites for hydroxylation is 1. The Morgan fingerprint density at radius 2 is 2.06 bits per heavy atom. The molecule has 1 fully saturated rings. The summed E-state index contributed by atoms with van der Waals surface area (Å²) in [4.78, 5) is 11.9. The van der Waals surface area contributed by atoms with Gasteiger partial charge in [-0.15, -0.1) is 0 Å². The molecule has 2 heteroatoms. The van der Waals surface area contributed by atoms with E-state index in [0.717, 1.165) is 23.5 Å². The third-order valence-electron chi connectivity index (χ3n) is 4.00. The van der Waals surface area contributed by atoms with Crippen LogP contribution in [-0.4, -0.2) is 5.78 Å². The summed E-state index contributed by atoms with van der Waals surface area (Å²) in [5.74, 6) is 0.748. The normalized spacial score (nSPS) is 16.1. The van der Waals surface area contributed by atoms with Gasteiger partial charge in [0.05, 0.1) is 0 Å². The molecule has 0 aromatic heterocycles. The Kier molecular flexibility index (Phi) is 4.51. The van der Waals surface area contributed by atoms with E-state index in [1.54, 1.807) is 6.07 Å². The number of Topliss-reactive ketones (excluding diaryl/α,β-unsaturated/α-hetero) is 1. The van der Waals surface area contributed by atoms with Gasteiger partial charge in [-0.1, -0.05) is 31.7 Å². The van der Waals surface area contributed by atoms with Gasteiger partial charge in [0.15, 0.2) is 0 Å². The topological polar surface area (TPSA) is 17.1 Å². The average molecular weight is 248 g/mol. The van der Waals surface area contributed by atoms with Crippen LogP contribution in [0.1, 0.15) is 49.7 Å². The van der Waals surface area contributed by atoms with Gasteiger partial charge < -0.3 is 0 Å². The summed E-state index contributed by atoms with van der Waals surface area (Å²) in [6.45, 7) is 1.93. The molecule has 0 bridgehead atoms. The van der Waals surface area contributed by atoms with Gasteiger partial charge in [-0.3, -0.25) is 4.79 Å². The van der Waals surface area contributed by atoms with Crippen LogP contribution in [0.3, 0.4) is 0 Å². The van der Waals surface area contributed by atoms with E-state index < -0.39 is 0 Å². The van der Waals surface area contributed by atoms with E-state index in [4.69, 9.17) is 0 Å².